The number of hydrogen-bond donors (Lipinski definition) is 0. The molecule has 4 aromatic rings. The van der Waals surface area contributed by atoms with Crippen LogP contribution >= 0.6 is 0 Å². The summed E-state index contributed by atoms with van der Waals surface area (Å²) in [4.78, 5) is 25.3. The van der Waals surface area contributed by atoms with Crippen LogP contribution in [-0.4, -0.2) is 39.7 Å². The van der Waals surface area contributed by atoms with E-state index in [2.05, 4.69) is 15.0 Å². The molecule has 0 radical (unpaired) electrons. The van der Waals surface area contributed by atoms with E-state index in [-0.39, 0.29) is 12.1 Å². The summed E-state index contributed by atoms with van der Waals surface area (Å²) in [5.74, 6) is 1.62. The summed E-state index contributed by atoms with van der Waals surface area (Å²) >= 11 is 0. The van der Waals surface area contributed by atoms with Crippen molar-refractivity contribution in [1.29, 1.82) is 0 Å². The zero-order valence-corrected chi connectivity index (χ0v) is 22.0. The fourth-order valence-corrected chi connectivity index (χ4v) is 4.05. The summed E-state index contributed by atoms with van der Waals surface area (Å²) in [6, 6.07) is 13.4. The summed E-state index contributed by atoms with van der Waals surface area (Å²) in [7, 11) is 1.64. The molecule has 8 nitrogen and oxygen atoms in total. The van der Waals surface area contributed by atoms with Crippen molar-refractivity contribution in [3.05, 3.63) is 55.0 Å². The topological polar surface area (TPSA) is 96.6 Å². The van der Waals surface area contributed by atoms with Crippen molar-refractivity contribution in [2.75, 3.05) is 7.11 Å². The molecule has 0 saturated heterocycles. The second-order valence-corrected chi connectivity index (χ2v) is 9.87. The first-order chi connectivity index (χ1) is 17.7. The van der Waals surface area contributed by atoms with E-state index in [4.69, 9.17) is 18.6 Å². The Morgan fingerprint density at radius 3 is 2.49 bits per heavy atom. The molecule has 0 spiro atoms. The lowest BCUT2D eigenvalue weighted by Crippen LogP contribution is -2.23. The van der Waals surface area contributed by atoms with Crippen LogP contribution in [0.2, 0.25) is 0 Å². The van der Waals surface area contributed by atoms with Gasteiger partial charge in [-0.05, 0) is 76.8 Å². The normalized spacial score (nSPS) is 12.4. The first-order valence-corrected chi connectivity index (χ1v) is 12.5. The van der Waals surface area contributed by atoms with Gasteiger partial charge in [-0.3, -0.25) is 9.78 Å². The van der Waals surface area contributed by atoms with Gasteiger partial charge in [-0.25, -0.2) is 9.97 Å². The molecule has 0 saturated carbocycles. The lowest BCUT2D eigenvalue weighted by atomic mass is 10.0. The molecule has 0 N–H and O–H groups in total. The number of methoxy groups -OCH3 is 1. The highest BCUT2D eigenvalue weighted by atomic mass is 16.6. The van der Waals surface area contributed by atoms with Crippen molar-refractivity contribution < 1.29 is 23.4 Å². The van der Waals surface area contributed by atoms with Gasteiger partial charge in [0.15, 0.2) is 5.76 Å². The highest BCUT2D eigenvalue weighted by Crippen LogP contribution is 2.43. The highest BCUT2D eigenvalue weighted by molar-refractivity contribution is 6.02. The molecule has 0 aliphatic carbocycles. The van der Waals surface area contributed by atoms with Gasteiger partial charge in [0.1, 0.15) is 28.8 Å². The summed E-state index contributed by atoms with van der Waals surface area (Å²) in [6.07, 6.45) is 5.74. The highest BCUT2D eigenvalue weighted by Gasteiger charge is 2.24. The maximum absolute atomic E-state index is 12.0. The minimum absolute atomic E-state index is 0.131. The van der Waals surface area contributed by atoms with E-state index in [0.29, 0.717) is 34.9 Å². The molecular formula is C29H33N3O5. The Labute approximate surface area is 217 Å². The first kappa shape index (κ1) is 26.1. The summed E-state index contributed by atoms with van der Waals surface area (Å²) in [5, 5.41) is 0.689. The standard InChI is InChI=1S/C29H33N3O5/c1-19(10-6-7-12-23(33)37-29(2,3)4)35-27-25-24(20-13-15-21(34-5)16-14-20)26(22-11-8-9-17-30-22)36-28(25)32-18-31-27/h8-9,11,13-19H,6-7,10,12H2,1-5H3. The first-order valence-electron chi connectivity index (χ1n) is 12.5. The van der Waals surface area contributed by atoms with Gasteiger partial charge in [-0.2, -0.15) is 0 Å². The van der Waals surface area contributed by atoms with Crippen molar-refractivity contribution in [3.63, 3.8) is 0 Å². The van der Waals surface area contributed by atoms with E-state index in [9.17, 15) is 4.79 Å². The number of esters is 1. The minimum atomic E-state index is -0.466. The van der Waals surface area contributed by atoms with Crippen LogP contribution in [0.25, 0.3) is 33.7 Å². The average molecular weight is 504 g/mol. The number of carbonyl (C=O) groups is 1. The molecule has 0 aliphatic rings. The SMILES string of the molecule is COc1ccc(-c2c(-c3ccccn3)oc3ncnc(OC(C)CCCCC(=O)OC(C)(C)C)c23)cc1. The zero-order valence-electron chi connectivity index (χ0n) is 22.0. The van der Waals surface area contributed by atoms with Crippen molar-refractivity contribution in [3.8, 4) is 34.2 Å². The van der Waals surface area contributed by atoms with Gasteiger partial charge in [0.05, 0.1) is 13.2 Å². The fraction of sp³-hybridized carbons (Fsp3) is 0.379. The Hall–Kier alpha value is -3.94. The van der Waals surface area contributed by atoms with Gasteiger partial charge in [-0.15, -0.1) is 0 Å². The molecule has 1 unspecified atom stereocenters. The Morgan fingerprint density at radius 2 is 1.81 bits per heavy atom. The predicted molar refractivity (Wildman–Crippen MR) is 141 cm³/mol. The number of aromatic nitrogens is 3. The van der Waals surface area contributed by atoms with Crippen molar-refractivity contribution in [2.24, 2.45) is 0 Å². The molecule has 0 amide bonds. The third-order valence-electron chi connectivity index (χ3n) is 5.70. The number of rotatable bonds is 10. The number of carbonyl (C=O) groups excluding carboxylic acids is 1. The largest absolute Gasteiger partial charge is 0.497 e. The third kappa shape index (κ3) is 6.64. The van der Waals surface area contributed by atoms with Crippen molar-refractivity contribution in [2.45, 2.75) is 65.1 Å². The van der Waals surface area contributed by atoms with Gasteiger partial charge < -0.3 is 18.6 Å². The molecule has 0 fully saturated rings. The van der Waals surface area contributed by atoms with Gasteiger partial charge in [-0.1, -0.05) is 18.2 Å². The number of benzene rings is 1. The molecule has 37 heavy (non-hydrogen) atoms. The lowest BCUT2D eigenvalue weighted by molar-refractivity contribution is -0.154. The zero-order chi connectivity index (χ0) is 26.4. The van der Waals surface area contributed by atoms with Gasteiger partial charge in [0, 0.05) is 18.2 Å². The number of unbranched alkanes of at least 4 members (excludes halogenated alkanes) is 1. The van der Waals surface area contributed by atoms with E-state index in [1.807, 2.05) is 70.2 Å². The molecule has 3 heterocycles. The van der Waals surface area contributed by atoms with Gasteiger partial charge in [0.2, 0.25) is 11.6 Å². The fourth-order valence-electron chi connectivity index (χ4n) is 4.05. The number of pyridine rings is 1. The Kier molecular flexibility index (Phi) is 8.06. The van der Waals surface area contributed by atoms with E-state index in [1.165, 1.54) is 6.33 Å². The van der Waals surface area contributed by atoms with Crippen LogP contribution in [0, 0.1) is 0 Å². The van der Waals surface area contributed by atoms with E-state index in [0.717, 1.165) is 36.1 Å². The molecule has 3 aromatic heterocycles. The van der Waals surface area contributed by atoms with E-state index in [1.54, 1.807) is 13.3 Å². The van der Waals surface area contributed by atoms with Gasteiger partial charge in [0.25, 0.3) is 0 Å². The molecule has 1 atom stereocenters. The molecule has 8 heteroatoms. The maximum atomic E-state index is 12.0. The number of hydrogen-bond acceptors (Lipinski definition) is 8. The molecule has 194 valence electrons. The minimum Gasteiger partial charge on any atom is -0.497 e. The van der Waals surface area contributed by atoms with Crippen molar-refractivity contribution >= 4 is 17.1 Å². The number of fused-ring (bicyclic) bond motifs is 1. The quantitative estimate of drug-likeness (QED) is 0.176. The third-order valence-corrected chi connectivity index (χ3v) is 5.70. The Balaban J connectivity index is 1.58. The molecule has 1 aromatic carbocycles. The summed E-state index contributed by atoms with van der Waals surface area (Å²) in [6.45, 7) is 7.62. The van der Waals surface area contributed by atoms with Crippen molar-refractivity contribution in [1.82, 2.24) is 15.0 Å². The number of furan rings is 1. The Morgan fingerprint density at radius 1 is 1.03 bits per heavy atom. The maximum Gasteiger partial charge on any atom is 0.306 e. The van der Waals surface area contributed by atoms with Crippen LogP contribution in [-0.2, 0) is 9.53 Å². The second-order valence-electron chi connectivity index (χ2n) is 9.87. The Bertz CT molecular complexity index is 1330. The number of nitrogens with zero attached hydrogens (tertiary/aromatic N) is 3. The summed E-state index contributed by atoms with van der Waals surface area (Å²) < 4.78 is 23.2. The number of ether oxygens (including phenoxy) is 3. The summed E-state index contributed by atoms with van der Waals surface area (Å²) in [5.41, 5.74) is 2.36. The van der Waals surface area contributed by atoms with Crippen LogP contribution in [0.4, 0.5) is 0 Å². The van der Waals surface area contributed by atoms with Gasteiger partial charge >= 0.3 is 5.97 Å². The van der Waals surface area contributed by atoms with Crippen LogP contribution in [0.5, 0.6) is 11.6 Å². The molecular weight excluding hydrogens is 470 g/mol. The molecule has 0 bridgehead atoms. The smallest absolute Gasteiger partial charge is 0.306 e. The second kappa shape index (κ2) is 11.4. The average Bonchev–Trinajstić information content (AvgIpc) is 3.27. The molecule has 4 rings (SSSR count). The van der Waals surface area contributed by atoms with Crippen LogP contribution in [0.1, 0.15) is 53.4 Å². The van der Waals surface area contributed by atoms with E-state index < -0.39 is 5.60 Å². The lowest BCUT2D eigenvalue weighted by Gasteiger charge is -2.19. The monoisotopic (exact) mass is 503 g/mol. The van der Waals surface area contributed by atoms with Crippen LogP contribution in [0.3, 0.4) is 0 Å². The van der Waals surface area contributed by atoms with Crippen LogP contribution < -0.4 is 9.47 Å². The van der Waals surface area contributed by atoms with Crippen LogP contribution in [0.15, 0.2) is 59.4 Å². The van der Waals surface area contributed by atoms with E-state index >= 15 is 0 Å². The predicted octanol–water partition coefficient (Wildman–Crippen LogP) is 6.63. The molecule has 0 aliphatic heterocycles.